The van der Waals surface area contributed by atoms with Crippen molar-refractivity contribution in [3.05, 3.63) is 88.6 Å². The molecule has 0 atom stereocenters. The van der Waals surface area contributed by atoms with E-state index in [0.29, 0.717) is 11.3 Å². The molecule has 2 heterocycles. The van der Waals surface area contributed by atoms with Crippen LogP contribution in [-0.2, 0) is 9.59 Å². The van der Waals surface area contributed by atoms with Crippen LogP contribution in [0.25, 0.3) is 6.08 Å². The van der Waals surface area contributed by atoms with Crippen molar-refractivity contribution in [2.24, 2.45) is 5.10 Å². The van der Waals surface area contributed by atoms with Crippen molar-refractivity contribution in [1.29, 1.82) is 0 Å². The number of benzene rings is 1. The second-order valence-electron chi connectivity index (χ2n) is 6.14. The van der Waals surface area contributed by atoms with E-state index in [9.17, 15) is 14.4 Å². The first-order valence-electron chi connectivity index (χ1n) is 9.25. The quantitative estimate of drug-likeness (QED) is 0.162. The van der Waals surface area contributed by atoms with Crippen LogP contribution in [0.5, 0.6) is 5.75 Å². The zero-order chi connectivity index (χ0) is 22.8. The largest absolute Gasteiger partial charge is 0.465 e. The molecule has 1 aromatic carbocycles. The van der Waals surface area contributed by atoms with Crippen molar-refractivity contribution in [2.75, 3.05) is 6.54 Å². The maximum absolute atomic E-state index is 12.1. The molecule has 0 aliphatic heterocycles. The molecule has 0 saturated heterocycles. The molecule has 0 spiro atoms. The number of hydrogen-bond acceptors (Lipinski definition) is 7. The number of pyridine rings is 1. The van der Waals surface area contributed by atoms with E-state index in [1.807, 2.05) is 0 Å². The van der Waals surface area contributed by atoms with Crippen LogP contribution in [0.1, 0.15) is 21.8 Å². The molecular weight excluding hydrogens is 480 g/mol. The summed E-state index contributed by atoms with van der Waals surface area (Å²) in [6.07, 6.45) is 7.01. The highest BCUT2D eigenvalue weighted by molar-refractivity contribution is 9.10. The van der Waals surface area contributed by atoms with Gasteiger partial charge in [0.05, 0.1) is 19.0 Å². The van der Waals surface area contributed by atoms with Gasteiger partial charge in [0.25, 0.3) is 11.8 Å². The van der Waals surface area contributed by atoms with E-state index >= 15 is 0 Å². The van der Waals surface area contributed by atoms with Gasteiger partial charge in [0, 0.05) is 22.3 Å². The molecule has 10 heteroatoms. The molecule has 2 N–H and O–H groups in total. The molecule has 0 fully saturated rings. The number of nitrogens with zero attached hydrogens (tertiary/aromatic N) is 2. The molecule has 0 unspecified atom stereocenters. The fourth-order valence-corrected chi connectivity index (χ4v) is 2.73. The minimum absolute atomic E-state index is 0.200. The Bertz CT molecular complexity index is 1140. The standard InChI is InChI=1S/C22H17BrN4O5/c23-16-6-8-19(32-21(29)9-7-17-4-3-11-31-17)15(12-16)13-26-27-20(28)14-25-22(30)18-5-1-2-10-24-18/h1-13H,14H2,(H,25,30)(H,27,28). The first kappa shape index (κ1) is 22.6. The molecule has 0 saturated carbocycles. The molecule has 32 heavy (non-hydrogen) atoms. The Labute approximate surface area is 191 Å². The van der Waals surface area contributed by atoms with Crippen LogP contribution >= 0.6 is 15.9 Å². The molecule has 0 bridgehead atoms. The maximum atomic E-state index is 12.1. The van der Waals surface area contributed by atoms with Crippen molar-refractivity contribution in [1.82, 2.24) is 15.7 Å². The van der Waals surface area contributed by atoms with Crippen LogP contribution in [0.15, 0.2) is 81.1 Å². The van der Waals surface area contributed by atoms with Gasteiger partial charge in [-0.2, -0.15) is 5.10 Å². The number of aromatic nitrogens is 1. The van der Waals surface area contributed by atoms with Gasteiger partial charge in [0.2, 0.25) is 0 Å². The number of carbonyl (C=O) groups is 3. The lowest BCUT2D eigenvalue weighted by Crippen LogP contribution is -2.35. The number of carbonyl (C=O) groups excluding carboxylic acids is 3. The summed E-state index contributed by atoms with van der Waals surface area (Å²) < 4.78 is 11.2. The average molecular weight is 497 g/mol. The summed E-state index contributed by atoms with van der Waals surface area (Å²) in [5.41, 5.74) is 2.94. The zero-order valence-electron chi connectivity index (χ0n) is 16.5. The summed E-state index contributed by atoms with van der Waals surface area (Å²) in [6, 6.07) is 13.2. The Morgan fingerprint density at radius 2 is 2.03 bits per heavy atom. The number of hydrazone groups is 1. The van der Waals surface area contributed by atoms with Crippen LogP contribution < -0.4 is 15.5 Å². The van der Waals surface area contributed by atoms with Gasteiger partial charge in [0.15, 0.2) is 0 Å². The minimum Gasteiger partial charge on any atom is -0.465 e. The first-order chi connectivity index (χ1) is 15.5. The van der Waals surface area contributed by atoms with Gasteiger partial charge in [0.1, 0.15) is 17.2 Å². The van der Waals surface area contributed by atoms with Crippen molar-refractivity contribution in [3.63, 3.8) is 0 Å². The van der Waals surface area contributed by atoms with E-state index in [1.165, 1.54) is 36.9 Å². The molecule has 3 aromatic rings. The summed E-state index contributed by atoms with van der Waals surface area (Å²) in [4.78, 5) is 39.8. The highest BCUT2D eigenvalue weighted by Crippen LogP contribution is 2.22. The van der Waals surface area contributed by atoms with Crippen LogP contribution in [-0.4, -0.2) is 35.5 Å². The maximum Gasteiger partial charge on any atom is 0.336 e. The van der Waals surface area contributed by atoms with Gasteiger partial charge in [-0.05, 0) is 48.5 Å². The topological polar surface area (TPSA) is 123 Å². The van der Waals surface area contributed by atoms with E-state index < -0.39 is 17.8 Å². The Morgan fingerprint density at radius 3 is 2.78 bits per heavy atom. The third-order valence-electron chi connectivity index (χ3n) is 3.81. The summed E-state index contributed by atoms with van der Waals surface area (Å²) >= 11 is 3.33. The highest BCUT2D eigenvalue weighted by Gasteiger charge is 2.09. The summed E-state index contributed by atoms with van der Waals surface area (Å²) in [7, 11) is 0. The lowest BCUT2D eigenvalue weighted by Gasteiger charge is -2.06. The van der Waals surface area contributed by atoms with Crippen molar-refractivity contribution < 1.29 is 23.5 Å². The number of amides is 2. The Morgan fingerprint density at radius 1 is 1.16 bits per heavy atom. The molecule has 0 radical (unpaired) electrons. The van der Waals surface area contributed by atoms with E-state index in [2.05, 4.69) is 36.8 Å². The second-order valence-corrected chi connectivity index (χ2v) is 7.06. The predicted octanol–water partition coefficient (Wildman–Crippen LogP) is 2.94. The number of ether oxygens (including phenoxy) is 1. The molecular formula is C22H17BrN4O5. The van der Waals surface area contributed by atoms with Crippen LogP contribution in [0.4, 0.5) is 0 Å². The van der Waals surface area contributed by atoms with Crippen molar-refractivity contribution in [3.8, 4) is 5.75 Å². The number of halogens is 1. The lowest BCUT2D eigenvalue weighted by molar-refractivity contribution is -0.129. The summed E-state index contributed by atoms with van der Waals surface area (Å²) in [5.74, 6) is -0.880. The lowest BCUT2D eigenvalue weighted by atomic mass is 10.2. The van der Waals surface area contributed by atoms with Crippen LogP contribution in [0.2, 0.25) is 0 Å². The van der Waals surface area contributed by atoms with Gasteiger partial charge < -0.3 is 14.5 Å². The summed E-state index contributed by atoms with van der Waals surface area (Å²) in [6.45, 7) is -0.287. The number of furan rings is 1. The van der Waals surface area contributed by atoms with Gasteiger partial charge in [-0.1, -0.05) is 22.0 Å². The van der Waals surface area contributed by atoms with E-state index in [4.69, 9.17) is 9.15 Å². The van der Waals surface area contributed by atoms with Crippen LogP contribution in [0, 0.1) is 0 Å². The highest BCUT2D eigenvalue weighted by atomic mass is 79.9. The zero-order valence-corrected chi connectivity index (χ0v) is 18.1. The first-order valence-corrected chi connectivity index (χ1v) is 10.0. The molecule has 0 aliphatic carbocycles. The predicted molar refractivity (Wildman–Crippen MR) is 120 cm³/mol. The summed E-state index contributed by atoms with van der Waals surface area (Å²) in [5, 5.41) is 6.29. The van der Waals surface area contributed by atoms with Gasteiger partial charge in [-0.15, -0.1) is 0 Å². The third-order valence-corrected chi connectivity index (χ3v) is 4.30. The van der Waals surface area contributed by atoms with Crippen molar-refractivity contribution in [2.45, 2.75) is 0 Å². The third kappa shape index (κ3) is 7.03. The van der Waals surface area contributed by atoms with Gasteiger partial charge in [-0.3, -0.25) is 14.6 Å². The fourth-order valence-electron chi connectivity index (χ4n) is 2.35. The Balaban J connectivity index is 1.55. The normalized spacial score (nSPS) is 10.9. The monoisotopic (exact) mass is 496 g/mol. The molecule has 162 valence electrons. The van der Waals surface area contributed by atoms with E-state index in [0.717, 1.165) is 4.47 Å². The Kier molecular flexibility index (Phi) is 8.04. The minimum atomic E-state index is -0.611. The van der Waals surface area contributed by atoms with E-state index in [-0.39, 0.29) is 18.0 Å². The van der Waals surface area contributed by atoms with Crippen molar-refractivity contribution >= 4 is 46.0 Å². The smallest absolute Gasteiger partial charge is 0.336 e. The average Bonchev–Trinajstić information content (AvgIpc) is 3.32. The number of rotatable bonds is 8. The molecule has 2 amide bonds. The van der Waals surface area contributed by atoms with E-state index in [1.54, 1.807) is 42.5 Å². The molecule has 3 rings (SSSR count). The SMILES string of the molecule is O=C(CNC(=O)c1ccccn1)NN=Cc1cc(Br)ccc1OC(=O)C=Cc1ccco1. The van der Waals surface area contributed by atoms with Gasteiger partial charge >= 0.3 is 5.97 Å². The van der Waals surface area contributed by atoms with Gasteiger partial charge in [-0.25, -0.2) is 10.2 Å². The fraction of sp³-hybridized carbons (Fsp3) is 0.0455. The molecule has 9 nitrogen and oxygen atoms in total. The number of esters is 1. The molecule has 2 aromatic heterocycles. The number of nitrogens with one attached hydrogen (secondary N) is 2. The number of hydrogen-bond donors (Lipinski definition) is 2. The van der Waals surface area contributed by atoms with Crippen LogP contribution in [0.3, 0.4) is 0 Å². The molecule has 0 aliphatic rings. The second kappa shape index (κ2) is 11.4. The Hall–Kier alpha value is -4.05.